The Bertz CT molecular complexity index is 331. The fourth-order valence-corrected chi connectivity index (χ4v) is 2.87. The van der Waals surface area contributed by atoms with E-state index in [0.29, 0.717) is 32.4 Å². The topological polar surface area (TPSA) is 55.4 Å². The molecule has 0 spiro atoms. The van der Waals surface area contributed by atoms with E-state index in [1.165, 1.54) is 44.9 Å². The molecule has 0 saturated heterocycles. The van der Waals surface area contributed by atoms with Crippen molar-refractivity contribution in [2.75, 3.05) is 19.8 Å². The molecule has 0 aromatic rings. The fourth-order valence-electron chi connectivity index (χ4n) is 2.87. The second kappa shape index (κ2) is 20.4. The number of ether oxygens (including phenoxy) is 1. The highest BCUT2D eigenvalue weighted by atomic mass is 16.5. The van der Waals surface area contributed by atoms with Gasteiger partial charge in [-0.05, 0) is 19.3 Å². The standard InChI is InChI=1S/C22H43NO3/c1-3-5-7-8-9-10-11-12-13-16-22(25)23-18-17-21(24)15-14-20-26-19-6-4-2/h3-20H2,1-2H3,(H,23,25). The molecule has 4 heteroatoms. The van der Waals surface area contributed by atoms with Crippen molar-refractivity contribution in [1.29, 1.82) is 0 Å². The Hall–Kier alpha value is -0.900. The third-order valence-corrected chi connectivity index (χ3v) is 4.62. The van der Waals surface area contributed by atoms with Gasteiger partial charge in [0.15, 0.2) is 0 Å². The number of rotatable bonds is 20. The quantitative estimate of drug-likeness (QED) is 0.285. The minimum Gasteiger partial charge on any atom is -0.381 e. The second-order valence-corrected chi connectivity index (χ2v) is 7.29. The van der Waals surface area contributed by atoms with Crippen molar-refractivity contribution >= 4 is 11.7 Å². The Balaban J connectivity index is 3.31. The minimum absolute atomic E-state index is 0.0867. The van der Waals surface area contributed by atoms with Crippen LogP contribution in [0.5, 0.6) is 0 Å². The van der Waals surface area contributed by atoms with Crippen molar-refractivity contribution in [3.63, 3.8) is 0 Å². The number of nitrogens with one attached hydrogen (secondary N) is 1. The number of carbonyl (C=O) groups excluding carboxylic acids is 2. The summed E-state index contributed by atoms with van der Waals surface area (Å²) in [5.74, 6) is 0.302. The number of hydrogen-bond donors (Lipinski definition) is 1. The molecule has 0 aliphatic rings. The van der Waals surface area contributed by atoms with Gasteiger partial charge in [-0.1, -0.05) is 71.6 Å². The Kier molecular flexibility index (Phi) is 19.7. The highest BCUT2D eigenvalue weighted by Crippen LogP contribution is 2.10. The first kappa shape index (κ1) is 25.1. The van der Waals surface area contributed by atoms with E-state index in [9.17, 15) is 9.59 Å². The molecule has 26 heavy (non-hydrogen) atoms. The molecule has 0 fully saturated rings. The van der Waals surface area contributed by atoms with Gasteiger partial charge in [0.2, 0.25) is 5.91 Å². The van der Waals surface area contributed by atoms with Crippen molar-refractivity contribution in [3.8, 4) is 0 Å². The summed E-state index contributed by atoms with van der Waals surface area (Å²) in [5.41, 5.74) is 0. The molecule has 4 nitrogen and oxygen atoms in total. The average molecular weight is 370 g/mol. The average Bonchev–Trinajstić information content (AvgIpc) is 2.63. The molecule has 0 heterocycles. The molecular weight excluding hydrogens is 326 g/mol. The number of unbranched alkanes of at least 4 members (excludes halogenated alkanes) is 9. The minimum atomic E-state index is 0.0867. The first-order chi connectivity index (χ1) is 12.7. The first-order valence-corrected chi connectivity index (χ1v) is 11.1. The van der Waals surface area contributed by atoms with Crippen LogP contribution in [0, 0.1) is 0 Å². The lowest BCUT2D eigenvalue weighted by Gasteiger charge is -2.06. The molecule has 0 saturated carbocycles. The van der Waals surface area contributed by atoms with Crippen molar-refractivity contribution in [2.24, 2.45) is 0 Å². The van der Waals surface area contributed by atoms with Gasteiger partial charge in [-0.25, -0.2) is 0 Å². The van der Waals surface area contributed by atoms with Crippen molar-refractivity contribution in [1.82, 2.24) is 5.32 Å². The zero-order valence-electron chi connectivity index (χ0n) is 17.5. The van der Waals surface area contributed by atoms with Crippen molar-refractivity contribution in [3.05, 3.63) is 0 Å². The number of Topliss-reactive ketones (excluding diaryl/α,β-unsaturated/α-hetero) is 1. The van der Waals surface area contributed by atoms with Gasteiger partial charge in [0, 0.05) is 39.0 Å². The molecule has 0 aliphatic heterocycles. The van der Waals surface area contributed by atoms with E-state index in [4.69, 9.17) is 4.74 Å². The molecular formula is C22H43NO3. The molecule has 0 aliphatic carbocycles. The van der Waals surface area contributed by atoms with Gasteiger partial charge in [0.1, 0.15) is 5.78 Å². The highest BCUT2D eigenvalue weighted by Gasteiger charge is 2.04. The third kappa shape index (κ3) is 19.4. The van der Waals surface area contributed by atoms with E-state index < -0.39 is 0 Å². The molecule has 0 bridgehead atoms. The van der Waals surface area contributed by atoms with E-state index in [0.717, 1.165) is 38.7 Å². The maximum Gasteiger partial charge on any atom is 0.220 e. The molecule has 1 N–H and O–H groups in total. The van der Waals surface area contributed by atoms with Gasteiger partial charge < -0.3 is 10.1 Å². The maximum atomic E-state index is 11.7. The van der Waals surface area contributed by atoms with E-state index in [1.807, 2.05) is 0 Å². The van der Waals surface area contributed by atoms with Crippen LogP contribution in [-0.2, 0) is 14.3 Å². The van der Waals surface area contributed by atoms with E-state index in [1.54, 1.807) is 0 Å². The van der Waals surface area contributed by atoms with Crippen molar-refractivity contribution in [2.45, 2.75) is 110 Å². The Morgan fingerprint density at radius 2 is 1.23 bits per heavy atom. The molecule has 154 valence electrons. The van der Waals surface area contributed by atoms with E-state index in [2.05, 4.69) is 19.2 Å². The van der Waals surface area contributed by atoms with Gasteiger partial charge >= 0.3 is 0 Å². The Labute approximate surface area is 161 Å². The summed E-state index contributed by atoms with van der Waals surface area (Å²) >= 11 is 0. The molecule has 0 atom stereocenters. The van der Waals surface area contributed by atoms with Crippen LogP contribution in [0.15, 0.2) is 0 Å². The highest BCUT2D eigenvalue weighted by molar-refractivity contribution is 5.80. The SMILES string of the molecule is CCCCCCCCCCCC(=O)NCCC(=O)CCCOCCCC. The van der Waals surface area contributed by atoms with Gasteiger partial charge in [0.05, 0.1) is 0 Å². The summed E-state index contributed by atoms with van der Waals surface area (Å²) in [5, 5.41) is 2.87. The molecule has 0 radical (unpaired) electrons. The lowest BCUT2D eigenvalue weighted by Crippen LogP contribution is -2.25. The van der Waals surface area contributed by atoms with Crippen LogP contribution in [0.1, 0.15) is 110 Å². The summed E-state index contributed by atoms with van der Waals surface area (Å²) in [6, 6.07) is 0. The summed E-state index contributed by atoms with van der Waals surface area (Å²) in [7, 11) is 0. The smallest absolute Gasteiger partial charge is 0.220 e. The monoisotopic (exact) mass is 369 g/mol. The summed E-state index contributed by atoms with van der Waals surface area (Å²) in [6.45, 7) is 6.31. The molecule has 0 rings (SSSR count). The molecule has 0 aromatic heterocycles. The zero-order chi connectivity index (χ0) is 19.3. The number of hydrogen-bond acceptors (Lipinski definition) is 3. The van der Waals surface area contributed by atoms with Gasteiger partial charge in [-0.2, -0.15) is 0 Å². The zero-order valence-corrected chi connectivity index (χ0v) is 17.5. The molecule has 0 unspecified atom stereocenters. The summed E-state index contributed by atoms with van der Waals surface area (Å²) in [4.78, 5) is 23.5. The van der Waals surface area contributed by atoms with Crippen LogP contribution in [0.4, 0.5) is 0 Å². The Morgan fingerprint density at radius 3 is 1.88 bits per heavy atom. The van der Waals surface area contributed by atoms with Gasteiger partial charge in [-0.15, -0.1) is 0 Å². The number of ketones is 1. The third-order valence-electron chi connectivity index (χ3n) is 4.62. The predicted octanol–water partition coefficient (Wildman–Crippen LogP) is 5.58. The number of carbonyl (C=O) groups is 2. The predicted molar refractivity (Wildman–Crippen MR) is 109 cm³/mol. The van der Waals surface area contributed by atoms with E-state index in [-0.39, 0.29) is 11.7 Å². The van der Waals surface area contributed by atoms with Crippen LogP contribution >= 0.6 is 0 Å². The second-order valence-electron chi connectivity index (χ2n) is 7.29. The molecule has 0 aromatic carbocycles. The number of amides is 1. The lowest BCUT2D eigenvalue weighted by molar-refractivity contribution is -0.121. The molecule has 1 amide bonds. The largest absolute Gasteiger partial charge is 0.381 e. The Morgan fingerprint density at radius 1 is 0.654 bits per heavy atom. The van der Waals surface area contributed by atoms with Crippen LogP contribution in [0.2, 0.25) is 0 Å². The lowest BCUT2D eigenvalue weighted by atomic mass is 10.1. The fraction of sp³-hybridized carbons (Fsp3) is 0.909. The van der Waals surface area contributed by atoms with Gasteiger partial charge in [-0.3, -0.25) is 9.59 Å². The summed E-state index contributed by atoms with van der Waals surface area (Å²) < 4.78 is 5.44. The van der Waals surface area contributed by atoms with Crippen LogP contribution in [0.3, 0.4) is 0 Å². The van der Waals surface area contributed by atoms with Crippen molar-refractivity contribution < 1.29 is 14.3 Å². The summed E-state index contributed by atoms with van der Waals surface area (Å²) in [6.07, 6.45) is 15.9. The van der Waals surface area contributed by atoms with Crippen LogP contribution in [0.25, 0.3) is 0 Å². The van der Waals surface area contributed by atoms with Gasteiger partial charge in [0.25, 0.3) is 0 Å². The van der Waals surface area contributed by atoms with E-state index >= 15 is 0 Å². The normalized spacial score (nSPS) is 10.8. The maximum absolute atomic E-state index is 11.7. The van der Waals surface area contributed by atoms with Crippen LogP contribution < -0.4 is 5.32 Å². The van der Waals surface area contributed by atoms with Crippen LogP contribution in [-0.4, -0.2) is 31.4 Å². The first-order valence-electron chi connectivity index (χ1n) is 11.1.